The lowest BCUT2D eigenvalue weighted by molar-refractivity contribution is 0.289. The Morgan fingerprint density at radius 1 is 1.37 bits per heavy atom. The molecule has 102 valence electrons. The number of nitrogens with two attached hydrogens (primary N) is 1. The normalized spacial score (nSPS) is 20.3. The van der Waals surface area contributed by atoms with Gasteiger partial charge in [-0.2, -0.15) is 0 Å². The summed E-state index contributed by atoms with van der Waals surface area (Å²) in [5.41, 5.74) is 6.75. The van der Waals surface area contributed by atoms with Gasteiger partial charge in [-0.3, -0.25) is 4.90 Å². The van der Waals surface area contributed by atoms with Gasteiger partial charge in [-0.25, -0.2) is 0 Å². The van der Waals surface area contributed by atoms with Gasteiger partial charge < -0.3 is 14.6 Å². The van der Waals surface area contributed by atoms with Crippen molar-refractivity contribution in [1.82, 2.24) is 15.1 Å². The summed E-state index contributed by atoms with van der Waals surface area (Å²) in [7, 11) is 0. The van der Waals surface area contributed by atoms with Crippen LogP contribution in [-0.4, -0.2) is 34.2 Å². The van der Waals surface area contributed by atoms with Crippen molar-refractivity contribution in [2.45, 2.75) is 32.9 Å². The predicted octanol–water partition coefficient (Wildman–Crippen LogP) is 1.48. The van der Waals surface area contributed by atoms with Crippen LogP contribution in [0.5, 0.6) is 0 Å². The Bertz CT molecular complexity index is 575. The minimum absolute atomic E-state index is 0.265. The van der Waals surface area contributed by atoms with Crippen molar-refractivity contribution in [1.29, 1.82) is 0 Å². The van der Waals surface area contributed by atoms with Crippen LogP contribution in [-0.2, 0) is 6.54 Å². The van der Waals surface area contributed by atoms with Gasteiger partial charge in [-0.1, -0.05) is 0 Å². The molecule has 0 aromatic carbocycles. The molecule has 0 saturated carbocycles. The van der Waals surface area contributed by atoms with Gasteiger partial charge >= 0.3 is 0 Å². The zero-order valence-electron chi connectivity index (χ0n) is 11.2. The standard InChI is InChI=1S/C13H18N4O2/c1-8-5-11(9(2)18-8)13-16-15-12(19-13)7-17-4-3-10(14)6-17/h5,10H,3-4,6-7,14H2,1-2H3/t10-/m0/s1. The quantitative estimate of drug-likeness (QED) is 0.902. The van der Waals surface area contributed by atoms with Gasteiger partial charge in [0.05, 0.1) is 12.1 Å². The molecule has 6 nitrogen and oxygen atoms in total. The first kappa shape index (κ1) is 12.4. The topological polar surface area (TPSA) is 81.3 Å². The van der Waals surface area contributed by atoms with Crippen LogP contribution in [0, 0.1) is 13.8 Å². The van der Waals surface area contributed by atoms with Gasteiger partial charge in [-0.05, 0) is 26.3 Å². The molecule has 1 atom stereocenters. The van der Waals surface area contributed by atoms with E-state index < -0.39 is 0 Å². The van der Waals surface area contributed by atoms with Crippen molar-refractivity contribution in [2.24, 2.45) is 5.73 Å². The molecule has 1 aliphatic heterocycles. The third-order valence-corrected chi connectivity index (χ3v) is 3.41. The monoisotopic (exact) mass is 262 g/mol. The van der Waals surface area contributed by atoms with Gasteiger partial charge in [0.25, 0.3) is 5.89 Å². The Hall–Kier alpha value is -1.66. The van der Waals surface area contributed by atoms with Crippen molar-refractivity contribution in [3.8, 4) is 11.5 Å². The third-order valence-electron chi connectivity index (χ3n) is 3.41. The molecule has 0 aliphatic carbocycles. The molecule has 19 heavy (non-hydrogen) atoms. The highest BCUT2D eigenvalue weighted by atomic mass is 16.4. The number of nitrogens with zero attached hydrogens (tertiary/aromatic N) is 3. The molecule has 1 aliphatic rings. The summed E-state index contributed by atoms with van der Waals surface area (Å²) >= 11 is 0. The maximum absolute atomic E-state index is 5.88. The molecule has 0 radical (unpaired) electrons. The minimum Gasteiger partial charge on any atom is -0.466 e. The first-order valence-corrected chi connectivity index (χ1v) is 6.49. The average molecular weight is 262 g/mol. The van der Waals surface area contributed by atoms with Crippen LogP contribution in [0.1, 0.15) is 23.8 Å². The average Bonchev–Trinajstić information content (AvgIpc) is 3.02. The summed E-state index contributed by atoms with van der Waals surface area (Å²) in [6.45, 7) is 6.34. The molecular weight excluding hydrogens is 244 g/mol. The Morgan fingerprint density at radius 3 is 2.84 bits per heavy atom. The summed E-state index contributed by atoms with van der Waals surface area (Å²) in [4.78, 5) is 2.23. The molecule has 2 aromatic rings. The molecule has 3 heterocycles. The molecule has 1 saturated heterocycles. The van der Waals surface area contributed by atoms with Crippen molar-refractivity contribution in [3.05, 3.63) is 23.5 Å². The summed E-state index contributed by atoms with van der Waals surface area (Å²) < 4.78 is 11.2. The molecule has 0 unspecified atom stereocenters. The fourth-order valence-electron chi connectivity index (χ4n) is 2.47. The van der Waals surface area contributed by atoms with E-state index in [1.807, 2.05) is 19.9 Å². The molecule has 0 spiro atoms. The SMILES string of the molecule is Cc1cc(-c2nnc(CN3CC[C@H](N)C3)o2)c(C)o1. The predicted molar refractivity (Wildman–Crippen MR) is 69.3 cm³/mol. The van der Waals surface area contributed by atoms with Crippen LogP contribution in [0.3, 0.4) is 0 Å². The number of hydrogen-bond acceptors (Lipinski definition) is 6. The third kappa shape index (κ3) is 2.54. The van der Waals surface area contributed by atoms with E-state index in [9.17, 15) is 0 Å². The van der Waals surface area contributed by atoms with Gasteiger partial charge in [0.2, 0.25) is 5.89 Å². The van der Waals surface area contributed by atoms with Crippen LogP contribution in [0.25, 0.3) is 11.5 Å². The van der Waals surface area contributed by atoms with Crippen LogP contribution in [0.2, 0.25) is 0 Å². The maximum atomic E-state index is 5.88. The zero-order chi connectivity index (χ0) is 13.4. The van der Waals surface area contributed by atoms with E-state index in [0.29, 0.717) is 18.3 Å². The number of hydrogen-bond donors (Lipinski definition) is 1. The molecule has 2 N–H and O–H groups in total. The molecule has 3 rings (SSSR count). The maximum Gasteiger partial charge on any atom is 0.251 e. The second kappa shape index (κ2) is 4.79. The van der Waals surface area contributed by atoms with Crippen LogP contribution >= 0.6 is 0 Å². The van der Waals surface area contributed by atoms with E-state index in [1.54, 1.807) is 0 Å². The van der Waals surface area contributed by atoms with E-state index in [4.69, 9.17) is 14.6 Å². The van der Waals surface area contributed by atoms with Crippen LogP contribution in [0.4, 0.5) is 0 Å². The summed E-state index contributed by atoms with van der Waals surface area (Å²) in [6.07, 6.45) is 1.03. The van der Waals surface area contributed by atoms with E-state index in [1.165, 1.54) is 0 Å². The van der Waals surface area contributed by atoms with E-state index in [0.717, 1.165) is 36.6 Å². The second-order valence-electron chi connectivity index (χ2n) is 5.11. The lowest BCUT2D eigenvalue weighted by Crippen LogP contribution is -2.26. The van der Waals surface area contributed by atoms with Gasteiger partial charge in [0, 0.05) is 19.1 Å². The van der Waals surface area contributed by atoms with E-state index in [2.05, 4.69) is 15.1 Å². The van der Waals surface area contributed by atoms with Gasteiger partial charge in [0.1, 0.15) is 11.5 Å². The van der Waals surface area contributed by atoms with Crippen molar-refractivity contribution in [2.75, 3.05) is 13.1 Å². The number of aryl methyl sites for hydroxylation is 2. The summed E-state index contributed by atoms with van der Waals surface area (Å²) in [6, 6.07) is 2.18. The van der Waals surface area contributed by atoms with Crippen molar-refractivity contribution < 1.29 is 8.83 Å². The molecule has 2 aromatic heterocycles. The van der Waals surface area contributed by atoms with Gasteiger partial charge in [0.15, 0.2) is 0 Å². The largest absolute Gasteiger partial charge is 0.466 e. The highest BCUT2D eigenvalue weighted by Crippen LogP contribution is 2.25. The zero-order valence-corrected chi connectivity index (χ0v) is 11.2. The van der Waals surface area contributed by atoms with Crippen molar-refractivity contribution >= 4 is 0 Å². The van der Waals surface area contributed by atoms with Crippen LogP contribution < -0.4 is 5.73 Å². The molecule has 0 amide bonds. The Labute approximate surface area is 111 Å². The highest BCUT2D eigenvalue weighted by molar-refractivity contribution is 5.55. The Morgan fingerprint density at radius 2 is 2.21 bits per heavy atom. The highest BCUT2D eigenvalue weighted by Gasteiger charge is 2.22. The minimum atomic E-state index is 0.265. The second-order valence-corrected chi connectivity index (χ2v) is 5.11. The van der Waals surface area contributed by atoms with Gasteiger partial charge in [-0.15, -0.1) is 10.2 Å². The number of furan rings is 1. The Balaban J connectivity index is 1.74. The lowest BCUT2D eigenvalue weighted by atomic mass is 10.2. The summed E-state index contributed by atoms with van der Waals surface area (Å²) in [5, 5.41) is 8.18. The van der Waals surface area contributed by atoms with Crippen LogP contribution in [0.15, 0.2) is 14.9 Å². The fourth-order valence-corrected chi connectivity index (χ4v) is 2.47. The molecular formula is C13H18N4O2. The fraction of sp³-hybridized carbons (Fsp3) is 0.538. The number of rotatable bonds is 3. The first-order chi connectivity index (χ1) is 9.11. The molecule has 0 bridgehead atoms. The van der Waals surface area contributed by atoms with Crippen molar-refractivity contribution in [3.63, 3.8) is 0 Å². The molecule has 6 heteroatoms. The van der Waals surface area contributed by atoms with E-state index >= 15 is 0 Å². The Kier molecular flexibility index (Phi) is 3.12. The lowest BCUT2D eigenvalue weighted by Gasteiger charge is -2.11. The molecule has 1 fully saturated rings. The van der Waals surface area contributed by atoms with E-state index in [-0.39, 0.29) is 6.04 Å². The smallest absolute Gasteiger partial charge is 0.251 e. The summed E-state index contributed by atoms with van der Waals surface area (Å²) in [5.74, 6) is 2.80. The first-order valence-electron chi connectivity index (χ1n) is 6.49. The number of likely N-dealkylation sites (tertiary alicyclic amines) is 1. The number of aromatic nitrogens is 2.